The zero-order valence-electron chi connectivity index (χ0n) is 11.7. The van der Waals surface area contributed by atoms with Gasteiger partial charge < -0.3 is 15.2 Å². The van der Waals surface area contributed by atoms with E-state index in [2.05, 4.69) is 5.32 Å². The van der Waals surface area contributed by atoms with Crippen molar-refractivity contribution in [2.75, 3.05) is 13.7 Å². The SMILES string of the molecule is COC(CNC(=O)CCC1CCCCC1)CC(=O)O. The van der Waals surface area contributed by atoms with Crippen molar-refractivity contribution in [2.24, 2.45) is 5.92 Å². The number of carbonyl (C=O) groups is 2. The molecule has 110 valence electrons. The molecule has 1 aliphatic rings. The first-order valence-electron chi connectivity index (χ1n) is 7.13. The summed E-state index contributed by atoms with van der Waals surface area (Å²) in [5.74, 6) is -0.224. The standard InChI is InChI=1S/C14H25NO4/c1-19-12(9-14(17)18)10-15-13(16)8-7-11-5-3-2-4-6-11/h11-12H,2-10H2,1H3,(H,15,16)(H,17,18). The lowest BCUT2D eigenvalue weighted by atomic mass is 9.86. The third kappa shape index (κ3) is 7.15. The Morgan fingerprint density at radius 2 is 2.00 bits per heavy atom. The van der Waals surface area contributed by atoms with Crippen molar-refractivity contribution in [2.45, 2.75) is 57.5 Å². The largest absolute Gasteiger partial charge is 0.481 e. The number of hydrogen-bond acceptors (Lipinski definition) is 3. The van der Waals surface area contributed by atoms with E-state index in [1.807, 2.05) is 0 Å². The lowest BCUT2D eigenvalue weighted by Gasteiger charge is -2.21. The average molecular weight is 271 g/mol. The molecule has 0 heterocycles. The van der Waals surface area contributed by atoms with Gasteiger partial charge in [-0.05, 0) is 12.3 Å². The van der Waals surface area contributed by atoms with Crippen LogP contribution in [0.1, 0.15) is 51.4 Å². The second-order valence-electron chi connectivity index (χ2n) is 5.30. The molecule has 5 heteroatoms. The summed E-state index contributed by atoms with van der Waals surface area (Å²) < 4.78 is 5.01. The Labute approximate surface area is 114 Å². The van der Waals surface area contributed by atoms with E-state index >= 15 is 0 Å². The highest BCUT2D eigenvalue weighted by molar-refractivity contribution is 5.76. The zero-order chi connectivity index (χ0) is 14.1. The van der Waals surface area contributed by atoms with Crippen LogP contribution in [-0.2, 0) is 14.3 Å². The molecule has 1 unspecified atom stereocenters. The number of aliphatic carboxylic acids is 1. The summed E-state index contributed by atoms with van der Waals surface area (Å²) in [4.78, 5) is 22.2. The second-order valence-corrected chi connectivity index (χ2v) is 5.30. The first-order chi connectivity index (χ1) is 9.11. The minimum absolute atomic E-state index is 0.00184. The minimum atomic E-state index is -0.914. The zero-order valence-corrected chi connectivity index (χ0v) is 11.7. The molecule has 1 amide bonds. The molecule has 1 rings (SSSR count). The molecule has 2 N–H and O–H groups in total. The van der Waals surface area contributed by atoms with Crippen LogP contribution in [0.3, 0.4) is 0 Å². The number of carboxylic acids is 1. The molecule has 0 spiro atoms. The van der Waals surface area contributed by atoms with Gasteiger partial charge in [-0.2, -0.15) is 0 Å². The van der Waals surface area contributed by atoms with E-state index in [-0.39, 0.29) is 18.9 Å². The number of nitrogens with one attached hydrogen (secondary N) is 1. The van der Waals surface area contributed by atoms with E-state index in [9.17, 15) is 9.59 Å². The number of hydrogen-bond donors (Lipinski definition) is 2. The molecule has 1 aliphatic carbocycles. The summed E-state index contributed by atoms with van der Waals surface area (Å²) in [5.41, 5.74) is 0. The van der Waals surface area contributed by atoms with Gasteiger partial charge in [0.05, 0.1) is 12.5 Å². The van der Waals surface area contributed by atoms with Gasteiger partial charge in [0.1, 0.15) is 0 Å². The van der Waals surface area contributed by atoms with Crippen LogP contribution in [0, 0.1) is 5.92 Å². The van der Waals surface area contributed by atoms with Gasteiger partial charge >= 0.3 is 5.97 Å². The molecule has 19 heavy (non-hydrogen) atoms. The summed E-state index contributed by atoms with van der Waals surface area (Å²) in [5, 5.41) is 11.4. The van der Waals surface area contributed by atoms with Crippen LogP contribution < -0.4 is 5.32 Å². The molecule has 1 fully saturated rings. The molecule has 0 radical (unpaired) electrons. The lowest BCUT2D eigenvalue weighted by Crippen LogP contribution is -2.34. The highest BCUT2D eigenvalue weighted by Gasteiger charge is 2.16. The molecular weight excluding hydrogens is 246 g/mol. The Balaban J connectivity index is 2.13. The average Bonchev–Trinajstić information content (AvgIpc) is 2.42. The van der Waals surface area contributed by atoms with Gasteiger partial charge in [-0.25, -0.2) is 0 Å². The van der Waals surface area contributed by atoms with Crippen LogP contribution in [0.15, 0.2) is 0 Å². The Morgan fingerprint density at radius 1 is 1.32 bits per heavy atom. The predicted molar refractivity (Wildman–Crippen MR) is 71.9 cm³/mol. The maximum atomic E-state index is 11.7. The summed E-state index contributed by atoms with van der Waals surface area (Å²) >= 11 is 0. The van der Waals surface area contributed by atoms with Crippen molar-refractivity contribution in [3.8, 4) is 0 Å². The molecule has 0 saturated heterocycles. The first-order valence-corrected chi connectivity index (χ1v) is 7.13. The molecule has 0 aromatic carbocycles. The highest BCUT2D eigenvalue weighted by Crippen LogP contribution is 2.27. The molecule has 5 nitrogen and oxygen atoms in total. The van der Waals surface area contributed by atoms with E-state index in [0.717, 1.165) is 6.42 Å². The van der Waals surface area contributed by atoms with Gasteiger partial charge in [-0.15, -0.1) is 0 Å². The highest BCUT2D eigenvalue weighted by atomic mass is 16.5. The molecule has 0 aromatic heterocycles. The fourth-order valence-corrected chi connectivity index (χ4v) is 2.56. The fourth-order valence-electron chi connectivity index (χ4n) is 2.56. The van der Waals surface area contributed by atoms with Crippen molar-refractivity contribution < 1.29 is 19.4 Å². The molecule has 0 bridgehead atoms. The summed E-state index contributed by atoms with van der Waals surface area (Å²) in [6, 6.07) is 0. The smallest absolute Gasteiger partial charge is 0.306 e. The Morgan fingerprint density at radius 3 is 2.58 bits per heavy atom. The van der Waals surface area contributed by atoms with Crippen LogP contribution in [0.25, 0.3) is 0 Å². The third-order valence-corrected chi connectivity index (χ3v) is 3.77. The third-order valence-electron chi connectivity index (χ3n) is 3.77. The molecule has 1 atom stereocenters. The number of ether oxygens (including phenoxy) is 1. The number of carboxylic acid groups (broad SMARTS) is 1. The second kappa shape index (κ2) is 8.91. The van der Waals surface area contributed by atoms with Crippen molar-refractivity contribution in [3.63, 3.8) is 0 Å². The monoisotopic (exact) mass is 271 g/mol. The van der Waals surface area contributed by atoms with Crippen molar-refractivity contribution >= 4 is 11.9 Å². The predicted octanol–water partition coefficient (Wildman–Crippen LogP) is 1.95. The van der Waals surface area contributed by atoms with E-state index in [4.69, 9.17) is 9.84 Å². The van der Waals surface area contributed by atoms with Gasteiger partial charge in [0.15, 0.2) is 0 Å². The van der Waals surface area contributed by atoms with E-state index in [1.54, 1.807) is 0 Å². The van der Waals surface area contributed by atoms with Gasteiger partial charge in [-0.1, -0.05) is 32.1 Å². The Hall–Kier alpha value is -1.10. The Kier molecular flexibility index (Phi) is 7.48. The van der Waals surface area contributed by atoms with E-state index < -0.39 is 12.1 Å². The Bertz CT molecular complexity index is 287. The van der Waals surface area contributed by atoms with Crippen molar-refractivity contribution in [3.05, 3.63) is 0 Å². The van der Waals surface area contributed by atoms with Gasteiger partial charge in [0.2, 0.25) is 5.91 Å². The molecule has 0 aliphatic heterocycles. The van der Waals surface area contributed by atoms with E-state index in [0.29, 0.717) is 12.3 Å². The van der Waals surface area contributed by atoms with Crippen LogP contribution >= 0.6 is 0 Å². The van der Waals surface area contributed by atoms with Crippen LogP contribution in [0.5, 0.6) is 0 Å². The first kappa shape index (κ1) is 16.0. The lowest BCUT2D eigenvalue weighted by molar-refractivity contribution is -0.140. The van der Waals surface area contributed by atoms with Crippen LogP contribution in [0.4, 0.5) is 0 Å². The quantitative estimate of drug-likeness (QED) is 0.707. The summed E-state index contributed by atoms with van der Waals surface area (Å²) in [6.07, 6.45) is 7.34. The molecule has 1 saturated carbocycles. The maximum absolute atomic E-state index is 11.7. The maximum Gasteiger partial charge on any atom is 0.306 e. The minimum Gasteiger partial charge on any atom is -0.481 e. The number of amides is 1. The number of carbonyl (C=O) groups excluding carboxylic acids is 1. The summed E-state index contributed by atoms with van der Waals surface area (Å²) in [6.45, 7) is 0.270. The molecular formula is C14H25NO4. The normalized spacial score (nSPS) is 17.9. The van der Waals surface area contributed by atoms with Crippen LogP contribution in [0.2, 0.25) is 0 Å². The van der Waals surface area contributed by atoms with Crippen molar-refractivity contribution in [1.82, 2.24) is 5.32 Å². The van der Waals surface area contributed by atoms with E-state index in [1.165, 1.54) is 39.2 Å². The van der Waals surface area contributed by atoms with Gasteiger partial charge in [0, 0.05) is 20.1 Å². The summed E-state index contributed by atoms with van der Waals surface area (Å²) in [7, 11) is 1.46. The molecule has 0 aromatic rings. The van der Waals surface area contributed by atoms with Crippen LogP contribution in [-0.4, -0.2) is 36.7 Å². The fraction of sp³-hybridized carbons (Fsp3) is 0.857. The van der Waals surface area contributed by atoms with Crippen molar-refractivity contribution in [1.29, 1.82) is 0 Å². The number of rotatable bonds is 8. The van der Waals surface area contributed by atoms with Gasteiger partial charge in [0.25, 0.3) is 0 Å². The van der Waals surface area contributed by atoms with Gasteiger partial charge in [-0.3, -0.25) is 9.59 Å². The topological polar surface area (TPSA) is 75.6 Å². The number of methoxy groups -OCH3 is 1.